The third-order valence-corrected chi connectivity index (χ3v) is 2.99. The molecule has 2 aromatic rings. The highest BCUT2D eigenvalue weighted by Gasteiger charge is 2.10. The van der Waals surface area contributed by atoms with Gasteiger partial charge < -0.3 is 15.0 Å². The van der Waals surface area contributed by atoms with Crippen molar-refractivity contribution in [2.75, 3.05) is 7.11 Å². The van der Waals surface area contributed by atoms with Gasteiger partial charge in [-0.05, 0) is 24.1 Å². The summed E-state index contributed by atoms with van der Waals surface area (Å²) < 4.78 is 10.3. The van der Waals surface area contributed by atoms with Gasteiger partial charge in [0.2, 0.25) is 5.89 Å². The van der Waals surface area contributed by atoms with E-state index >= 15 is 0 Å². The predicted octanol–water partition coefficient (Wildman–Crippen LogP) is 1.95. The van der Waals surface area contributed by atoms with Crippen molar-refractivity contribution in [2.45, 2.75) is 32.2 Å². The molecule has 0 aliphatic heterocycles. The van der Waals surface area contributed by atoms with Crippen molar-refractivity contribution in [3.8, 4) is 5.75 Å². The lowest BCUT2D eigenvalue weighted by atomic mass is 10.1. The zero-order chi connectivity index (χ0) is 13.7. The minimum atomic E-state index is 0.0893. The molecule has 1 aromatic carbocycles. The topological polar surface area (TPSA) is 74.2 Å². The van der Waals surface area contributed by atoms with Crippen molar-refractivity contribution >= 4 is 0 Å². The first-order valence-corrected chi connectivity index (χ1v) is 6.41. The van der Waals surface area contributed by atoms with Gasteiger partial charge in [0.25, 0.3) is 0 Å². The third-order valence-electron chi connectivity index (χ3n) is 2.99. The molecule has 1 heterocycles. The number of hydrogen-bond acceptors (Lipinski definition) is 5. The van der Waals surface area contributed by atoms with Crippen LogP contribution in [0.4, 0.5) is 0 Å². The Kier molecular flexibility index (Phi) is 4.52. The van der Waals surface area contributed by atoms with Crippen LogP contribution in [0.3, 0.4) is 0 Å². The molecule has 102 valence electrons. The Morgan fingerprint density at radius 2 is 2.05 bits per heavy atom. The van der Waals surface area contributed by atoms with E-state index in [2.05, 4.69) is 10.1 Å². The summed E-state index contributed by atoms with van der Waals surface area (Å²) in [4.78, 5) is 4.35. The Morgan fingerprint density at radius 3 is 2.68 bits per heavy atom. The summed E-state index contributed by atoms with van der Waals surface area (Å²) in [7, 11) is 1.65. The first-order valence-electron chi connectivity index (χ1n) is 6.41. The average Bonchev–Trinajstić information content (AvgIpc) is 2.86. The number of hydrogen-bond donors (Lipinski definition) is 1. The van der Waals surface area contributed by atoms with Crippen LogP contribution in [0.15, 0.2) is 28.8 Å². The van der Waals surface area contributed by atoms with Crippen molar-refractivity contribution in [3.63, 3.8) is 0 Å². The summed E-state index contributed by atoms with van der Waals surface area (Å²) in [5.41, 5.74) is 6.97. The summed E-state index contributed by atoms with van der Waals surface area (Å²) in [6.07, 6.45) is 2.18. The lowest BCUT2D eigenvalue weighted by Crippen LogP contribution is -2.22. The quantitative estimate of drug-likeness (QED) is 0.860. The number of benzene rings is 1. The van der Waals surface area contributed by atoms with Gasteiger partial charge in [-0.1, -0.05) is 24.2 Å². The summed E-state index contributed by atoms with van der Waals surface area (Å²) in [5, 5.41) is 3.94. The van der Waals surface area contributed by atoms with E-state index in [-0.39, 0.29) is 6.04 Å². The van der Waals surface area contributed by atoms with E-state index in [9.17, 15) is 0 Å². The van der Waals surface area contributed by atoms with Crippen molar-refractivity contribution in [1.29, 1.82) is 0 Å². The van der Waals surface area contributed by atoms with Crippen LogP contribution in [0.1, 0.15) is 30.6 Å². The molecule has 2 rings (SSSR count). The van der Waals surface area contributed by atoms with Gasteiger partial charge in [0.05, 0.1) is 13.5 Å². The molecule has 0 saturated carbocycles. The number of ether oxygens (including phenoxy) is 1. The van der Waals surface area contributed by atoms with E-state index in [1.54, 1.807) is 7.11 Å². The van der Waals surface area contributed by atoms with Crippen molar-refractivity contribution in [3.05, 3.63) is 41.5 Å². The normalized spacial score (nSPS) is 12.4. The molecule has 0 fully saturated rings. The van der Waals surface area contributed by atoms with Crippen LogP contribution < -0.4 is 10.5 Å². The molecule has 0 radical (unpaired) electrons. The SMILES string of the molecule is CCC(N)Cc1noc(Cc2ccc(OC)cc2)n1. The van der Waals surface area contributed by atoms with Gasteiger partial charge in [-0.15, -0.1) is 0 Å². The second kappa shape index (κ2) is 6.33. The molecular weight excluding hydrogens is 242 g/mol. The Balaban J connectivity index is 1.98. The summed E-state index contributed by atoms with van der Waals surface area (Å²) in [6.45, 7) is 2.04. The third kappa shape index (κ3) is 3.79. The number of rotatable bonds is 6. The Bertz CT molecular complexity index is 508. The summed E-state index contributed by atoms with van der Waals surface area (Å²) in [6, 6.07) is 7.90. The summed E-state index contributed by atoms with van der Waals surface area (Å²) in [5.74, 6) is 2.13. The zero-order valence-corrected chi connectivity index (χ0v) is 11.3. The fourth-order valence-corrected chi connectivity index (χ4v) is 1.74. The fraction of sp³-hybridized carbons (Fsp3) is 0.429. The molecule has 1 atom stereocenters. The maximum Gasteiger partial charge on any atom is 0.231 e. The van der Waals surface area contributed by atoms with Crippen LogP contribution in [-0.2, 0) is 12.8 Å². The highest BCUT2D eigenvalue weighted by atomic mass is 16.5. The van der Waals surface area contributed by atoms with Crippen LogP contribution in [0.25, 0.3) is 0 Å². The smallest absolute Gasteiger partial charge is 0.231 e. The molecular formula is C14H19N3O2. The van der Waals surface area contributed by atoms with Crippen LogP contribution in [0.2, 0.25) is 0 Å². The Morgan fingerprint density at radius 1 is 1.32 bits per heavy atom. The second-order valence-electron chi connectivity index (χ2n) is 4.50. The number of nitrogens with zero attached hydrogens (tertiary/aromatic N) is 2. The standard InChI is InChI=1S/C14H19N3O2/c1-3-11(15)9-13-16-14(19-17-13)8-10-4-6-12(18-2)7-5-10/h4-7,11H,3,8-9,15H2,1-2H3. The average molecular weight is 261 g/mol. The number of aromatic nitrogens is 2. The van der Waals surface area contributed by atoms with Gasteiger partial charge in [-0.25, -0.2) is 0 Å². The molecule has 5 heteroatoms. The maximum atomic E-state index is 5.86. The Labute approximate surface area is 112 Å². The monoisotopic (exact) mass is 261 g/mol. The molecule has 1 unspecified atom stereocenters. The van der Waals surface area contributed by atoms with E-state index in [0.29, 0.717) is 24.6 Å². The first kappa shape index (κ1) is 13.5. The van der Waals surface area contributed by atoms with Gasteiger partial charge in [0.15, 0.2) is 5.82 Å². The van der Waals surface area contributed by atoms with Crippen LogP contribution >= 0.6 is 0 Å². The van der Waals surface area contributed by atoms with Gasteiger partial charge >= 0.3 is 0 Å². The summed E-state index contributed by atoms with van der Waals surface area (Å²) >= 11 is 0. The molecule has 19 heavy (non-hydrogen) atoms. The van der Waals surface area contributed by atoms with Crippen LogP contribution in [0.5, 0.6) is 5.75 Å². The van der Waals surface area contributed by atoms with Crippen LogP contribution in [-0.4, -0.2) is 23.3 Å². The lowest BCUT2D eigenvalue weighted by molar-refractivity contribution is 0.377. The van der Waals surface area contributed by atoms with Gasteiger partial charge in [-0.2, -0.15) is 4.98 Å². The minimum absolute atomic E-state index is 0.0893. The highest BCUT2D eigenvalue weighted by molar-refractivity contribution is 5.28. The maximum absolute atomic E-state index is 5.86. The second-order valence-corrected chi connectivity index (χ2v) is 4.50. The molecule has 0 aliphatic carbocycles. The number of nitrogens with two attached hydrogens (primary N) is 1. The molecule has 1 aromatic heterocycles. The van der Waals surface area contributed by atoms with Crippen molar-refractivity contribution in [2.24, 2.45) is 5.73 Å². The molecule has 0 amide bonds. The van der Waals surface area contributed by atoms with Gasteiger partial charge in [0, 0.05) is 12.5 Å². The molecule has 0 aliphatic rings. The zero-order valence-electron chi connectivity index (χ0n) is 11.3. The van der Waals surface area contributed by atoms with E-state index in [1.165, 1.54) is 0 Å². The lowest BCUT2D eigenvalue weighted by Gasteiger charge is -2.02. The van der Waals surface area contributed by atoms with E-state index < -0.39 is 0 Å². The molecule has 0 saturated heterocycles. The van der Waals surface area contributed by atoms with E-state index in [0.717, 1.165) is 17.7 Å². The molecule has 5 nitrogen and oxygen atoms in total. The fourth-order valence-electron chi connectivity index (χ4n) is 1.74. The van der Waals surface area contributed by atoms with Gasteiger partial charge in [0.1, 0.15) is 5.75 Å². The van der Waals surface area contributed by atoms with Crippen molar-refractivity contribution in [1.82, 2.24) is 10.1 Å². The van der Waals surface area contributed by atoms with Crippen molar-refractivity contribution < 1.29 is 9.26 Å². The molecule has 2 N–H and O–H groups in total. The van der Waals surface area contributed by atoms with Gasteiger partial charge in [-0.3, -0.25) is 0 Å². The molecule has 0 spiro atoms. The minimum Gasteiger partial charge on any atom is -0.497 e. The Hall–Kier alpha value is -1.88. The number of methoxy groups -OCH3 is 1. The molecule has 0 bridgehead atoms. The predicted molar refractivity (Wildman–Crippen MR) is 72.1 cm³/mol. The van der Waals surface area contributed by atoms with E-state index in [4.69, 9.17) is 15.0 Å². The van der Waals surface area contributed by atoms with Crippen LogP contribution in [0, 0.1) is 0 Å². The largest absolute Gasteiger partial charge is 0.497 e. The highest BCUT2D eigenvalue weighted by Crippen LogP contribution is 2.14. The first-order chi connectivity index (χ1) is 9.21. The van der Waals surface area contributed by atoms with E-state index in [1.807, 2.05) is 31.2 Å².